The molecule has 0 N–H and O–H groups in total. The zero-order valence-electron chi connectivity index (χ0n) is 9.47. The first-order valence-electron chi connectivity index (χ1n) is 5.87. The van der Waals surface area contributed by atoms with Crippen LogP contribution in [0.25, 0.3) is 11.1 Å². The van der Waals surface area contributed by atoms with Crippen molar-refractivity contribution in [2.24, 2.45) is 0 Å². The van der Waals surface area contributed by atoms with Crippen molar-refractivity contribution in [1.29, 1.82) is 5.26 Å². The van der Waals surface area contributed by atoms with Crippen molar-refractivity contribution in [3.63, 3.8) is 0 Å². The molecule has 1 heterocycles. The third kappa shape index (κ3) is 1.96. The van der Waals surface area contributed by atoms with Gasteiger partial charge in [0.25, 0.3) is 6.01 Å². The van der Waals surface area contributed by atoms with Gasteiger partial charge in [0.1, 0.15) is 5.52 Å². The summed E-state index contributed by atoms with van der Waals surface area (Å²) >= 11 is 0. The predicted molar refractivity (Wildman–Crippen MR) is 64.6 cm³/mol. The Morgan fingerprint density at radius 2 is 2.24 bits per heavy atom. The lowest BCUT2D eigenvalue weighted by Gasteiger charge is -2.17. The van der Waals surface area contributed by atoms with Crippen LogP contribution in [0.1, 0.15) is 19.3 Å². The number of hydrogen-bond donors (Lipinski definition) is 0. The Morgan fingerprint density at radius 1 is 1.41 bits per heavy atom. The highest BCUT2D eigenvalue weighted by atomic mass is 16.4. The van der Waals surface area contributed by atoms with Gasteiger partial charge in [-0.1, -0.05) is 12.1 Å². The Balaban J connectivity index is 1.91. The Hall–Kier alpha value is -2.02. The van der Waals surface area contributed by atoms with Crippen molar-refractivity contribution in [3.8, 4) is 6.07 Å². The molecule has 0 atom stereocenters. The molecule has 0 amide bonds. The molecule has 4 heteroatoms. The largest absolute Gasteiger partial charge is 0.423 e. The normalized spacial score (nSPS) is 14.8. The fourth-order valence-electron chi connectivity index (χ4n) is 1.97. The maximum atomic E-state index is 8.68. The van der Waals surface area contributed by atoms with Gasteiger partial charge in [-0.3, -0.25) is 0 Å². The van der Waals surface area contributed by atoms with E-state index in [1.54, 1.807) is 0 Å². The van der Waals surface area contributed by atoms with Crippen molar-refractivity contribution in [3.05, 3.63) is 24.3 Å². The number of rotatable bonds is 4. The summed E-state index contributed by atoms with van der Waals surface area (Å²) in [6, 6.07) is 11.1. The molecule has 1 fully saturated rings. The van der Waals surface area contributed by atoms with Gasteiger partial charge in [-0.2, -0.15) is 10.2 Å². The summed E-state index contributed by atoms with van der Waals surface area (Å²) in [6.07, 6.45) is 2.85. The van der Waals surface area contributed by atoms with Gasteiger partial charge in [0, 0.05) is 12.6 Å². The quantitative estimate of drug-likeness (QED) is 0.805. The third-order valence-corrected chi connectivity index (χ3v) is 2.98. The standard InChI is InChI=1S/C13H13N3O/c14-8-3-9-16(10-6-7-10)13-15-11-4-1-2-5-12(11)17-13/h1-2,4-5,10H,3,6-7,9H2. The SMILES string of the molecule is N#CCCN(c1nc2ccccc2o1)C1CC1. The second kappa shape index (κ2) is 4.10. The van der Waals surface area contributed by atoms with Gasteiger partial charge in [0.05, 0.1) is 12.5 Å². The maximum Gasteiger partial charge on any atom is 0.298 e. The van der Waals surface area contributed by atoms with Gasteiger partial charge in [0.15, 0.2) is 5.58 Å². The van der Waals surface area contributed by atoms with Crippen LogP contribution in [0.3, 0.4) is 0 Å². The van der Waals surface area contributed by atoms with Crippen molar-refractivity contribution in [2.45, 2.75) is 25.3 Å². The van der Waals surface area contributed by atoms with Crippen LogP contribution in [0.4, 0.5) is 6.01 Å². The first-order chi connectivity index (χ1) is 8.38. The van der Waals surface area contributed by atoms with E-state index in [-0.39, 0.29) is 0 Å². The molecule has 1 aliphatic rings. The summed E-state index contributed by atoms with van der Waals surface area (Å²) in [7, 11) is 0. The van der Waals surface area contributed by atoms with Gasteiger partial charge in [-0.05, 0) is 25.0 Å². The summed E-state index contributed by atoms with van der Waals surface area (Å²) in [6.45, 7) is 0.702. The maximum absolute atomic E-state index is 8.68. The van der Waals surface area contributed by atoms with Crippen LogP contribution in [-0.4, -0.2) is 17.6 Å². The zero-order valence-corrected chi connectivity index (χ0v) is 9.47. The van der Waals surface area contributed by atoms with Gasteiger partial charge < -0.3 is 9.32 Å². The average Bonchev–Trinajstić information content (AvgIpc) is 3.09. The third-order valence-electron chi connectivity index (χ3n) is 2.98. The number of oxazole rings is 1. The summed E-state index contributed by atoms with van der Waals surface area (Å²) in [5.41, 5.74) is 1.69. The number of nitrogens with zero attached hydrogens (tertiary/aromatic N) is 3. The number of anilines is 1. The van der Waals surface area contributed by atoms with Crippen molar-refractivity contribution < 1.29 is 4.42 Å². The monoisotopic (exact) mass is 227 g/mol. The lowest BCUT2D eigenvalue weighted by molar-refractivity contribution is 0.564. The summed E-state index contributed by atoms with van der Waals surface area (Å²) in [5.74, 6) is 0. The fourth-order valence-corrected chi connectivity index (χ4v) is 1.97. The van der Waals surface area contributed by atoms with Crippen molar-refractivity contribution in [1.82, 2.24) is 4.98 Å². The number of fused-ring (bicyclic) bond motifs is 1. The molecule has 0 unspecified atom stereocenters. The molecular formula is C13H13N3O. The molecule has 1 aliphatic carbocycles. The van der Waals surface area contributed by atoms with Gasteiger partial charge in [-0.15, -0.1) is 0 Å². The molecule has 2 aromatic rings. The van der Waals surface area contributed by atoms with Crippen LogP contribution >= 0.6 is 0 Å². The van der Waals surface area contributed by atoms with E-state index >= 15 is 0 Å². The van der Waals surface area contributed by atoms with E-state index in [0.29, 0.717) is 25.0 Å². The molecule has 86 valence electrons. The Kier molecular flexibility index (Phi) is 2.45. The Morgan fingerprint density at radius 3 is 2.94 bits per heavy atom. The van der Waals surface area contributed by atoms with Gasteiger partial charge >= 0.3 is 0 Å². The lowest BCUT2D eigenvalue weighted by atomic mass is 10.3. The molecule has 0 spiro atoms. The Labute approximate surface area is 99.5 Å². The number of hydrogen-bond acceptors (Lipinski definition) is 4. The average molecular weight is 227 g/mol. The highest BCUT2D eigenvalue weighted by Crippen LogP contribution is 2.32. The first kappa shape index (κ1) is 10.2. The number of benzene rings is 1. The topological polar surface area (TPSA) is 53.1 Å². The van der Waals surface area contributed by atoms with E-state index in [9.17, 15) is 0 Å². The zero-order chi connectivity index (χ0) is 11.7. The number of aromatic nitrogens is 1. The molecule has 1 aromatic carbocycles. The van der Waals surface area contributed by atoms with Gasteiger partial charge in [0.2, 0.25) is 0 Å². The van der Waals surface area contributed by atoms with Crippen LogP contribution in [0.15, 0.2) is 28.7 Å². The van der Waals surface area contributed by atoms with Crippen LogP contribution in [0.5, 0.6) is 0 Å². The first-order valence-corrected chi connectivity index (χ1v) is 5.87. The molecule has 3 rings (SSSR count). The molecule has 0 radical (unpaired) electrons. The molecule has 17 heavy (non-hydrogen) atoms. The summed E-state index contributed by atoms with van der Waals surface area (Å²) in [5, 5.41) is 8.68. The summed E-state index contributed by atoms with van der Waals surface area (Å²) < 4.78 is 5.73. The minimum Gasteiger partial charge on any atom is -0.423 e. The smallest absolute Gasteiger partial charge is 0.298 e. The number of para-hydroxylation sites is 2. The Bertz CT molecular complexity index is 532. The molecule has 0 bridgehead atoms. The van der Waals surface area contributed by atoms with E-state index < -0.39 is 0 Å². The second-order valence-electron chi connectivity index (χ2n) is 4.30. The summed E-state index contributed by atoms with van der Waals surface area (Å²) in [4.78, 5) is 6.59. The lowest BCUT2D eigenvalue weighted by Crippen LogP contribution is -2.26. The number of nitriles is 1. The van der Waals surface area contributed by atoms with Crippen LogP contribution < -0.4 is 4.90 Å². The van der Waals surface area contributed by atoms with E-state index in [0.717, 1.165) is 11.1 Å². The highest BCUT2D eigenvalue weighted by molar-refractivity contribution is 5.74. The van der Waals surface area contributed by atoms with Crippen molar-refractivity contribution >= 4 is 17.1 Å². The highest BCUT2D eigenvalue weighted by Gasteiger charge is 2.31. The molecule has 0 saturated heterocycles. The molecule has 4 nitrogen and oxygen atoms in total. The molecule has 1 aromatic heterocycles. The van der Waals surface area contributed by atoms with E-state index in [2.05, 4.69) is 16.0 Å². The van der Waals surface area contributed by atoms with E-state index in [1.165, 1.54) is 12.8 Å². The van der Waals surface area contributed by atoms with Crippen LogP contribution in [0, 0.1) is 11.3 Å². The fraction of sp³-hybridized carbons (Fsp3) is 0.385. The minimum absolute atomic E-state index is 0.509. The molecular weight excluding hydrogens is 214 g/mol. The molecule has 1 saturated carbocycles. The van der Waals surface area contributed by atoms with Crippen LogP contribution in [-0.2, 0) is 0 Å². The van der Waals surface area contributed by atoms with E-state index in [4.69, 9.17) is 9.68 Å². The minimum atomic E-state index is 0.509. The van der Waals surface area contributed by atoms with E-state index in [1.807, 2.05) is 24.3 Å². The van der Waals surface area contributed by atoms with Gasteiger partial charge in [-0.25, -0.2) is 0 Å². The predicted octanol–water partition coefficient (Wildman–Crippen LogP) is 2.71. The second-order valence-corrected chi connectivity index (χ2v) is 4.30. The molecule has 0 aliphatic heterocycles. The van der Waals surface area contributed by atoms with Crippen LogP contribution in [0.2, 0.25) is 0 Å². The van der Waals surface area contributed by atoms with Crippen molar-refractivity contribution in [2.75, 3.05) is 11.4 Å².